The van der Waals surface area contributed by atoms with Gasteiger partial charge in [0.25, 0.3) is 0 Å². The zero-order chi connectivity index (χ0) is 13.8. The molecule has 0 unspecified atom stereocenters. The molecule has 0 spiro atoms. The molecule has 0 aromatic heterocycles. The Morgan fingerprint density at radius 3 is 2.16 bits per heavy atom. The fourth-order valence-electron chi connectivity index (χ4n) is 1.60. The molecule has 0 radical (unpaired) electrons. The molecule has 4 heteroatoms. The van der Waals surface area contributed by atoms with Crippen LogP contribution in [-0.4, -0.2) is 5.78 Å². The van der Waals surface area contributed by atoms with Crippen molar-refractivity contribution in [3.63, 3.8) is 0 Å². The molecule has 0 fully saturated rings. The average Bonchev–Trinajstić information content (AvgIpc) is 2.38. The Morgan fingerprint density at radius 2 is 1.58 bits per heavy atom. The second kappa shape index (κ2) is 5.44. The normalized spacial score (nSPS) is 10.8. The van der Waals surface area contributed by atoms with Crippen molar-refractivity contribution >= 4 is 17.5 Å². The van der Waals surface area contributed by atoms with Crippen LogP contribution in [0.15, 0.2) is 48.5 Å². The van der Waals surface area contributed by atoms with E-state index in [1.54, 1.807) is 24.3 Å². The second-order valence-electron chi connectivity index (χ2n) is 3.96. The minimum absolute atomic E-state index is 0.547. The Morgan fingerprint density at radius 1 is 1.00 bits per heavy atom. The SMILES string of the molecule is Nc1ccc(/C=C/C(=O)c2c(F)cccc2F)cc1. The zero-order valence-corrected chi connectivity index (χ0v) is 9.94. The van der Waals surface area contributed by atoms with E-state index in [1.165, 1.54) is 12.1 Å². The molecule has 0 aliphatic heterocycles. The molecule has 96 valence electrons. The van der Waals surface area contributed by atoms with Crippen LogP contribution >= 0.6 is 0 Å². The molecular formula is C15H11F2NO. The maximum atomic E-state index is 13.4. The number of hydrogen-bond acceptors (Lipinski definition) is 2. The standard InChI is InChI=1S/C15H11F2NO/c16-12-2-1-3-13(17)15(12)14(19)9-6-10-4-7-11(18)8-5-10/h1-9H,18H2/b9-6+. The summed E-state index contributed by atoms with van der Waals surface area (Å²) in [6.45, 7) is 0. The maximum Gasteiger partial charge on any atom is 0.191 e. The van der Waals surface area contributed by atoms with Crippen LogP contribution in [0.4, 0.5) is 14.5 Å². The van der Waals surface area contributed by atoms with E-state index in [-0.39, 0.29) is 0 Å². The highest BCUT2D eigenvalue weighted by Crippen LogP contribution is 2.14. The van der Waals surface area contributed by atoms with Crippen LogP contribution in [0.5, 0.6) is 0 Å². The van der Waals surface area contributed by atoms with Crippen LogP contribution in [0, 0.1) is 11.6 Å². The van der Waals surface area contributed by atoms with E-state index in [0.29, 0.717) is 5.69 Å². The Bertz CT molecular complexity index is 613. The zero-order valence-electron chi connectivity index (χ0n) is 9.94. The number of carbonyl (C=O) groups excluding carboxylic acids is 1. The minimum Gasteiger partial charge on any atom is -0.399 e. The lowest BCUT2D eigenvalue weighted by Crippen LogP contribution is -2.02. The number of nitrogens with two attached hydrogens (primary N) is 1. The number of anilines is 1. The maximum absolute atomic E-state index is 13.4. The first-order valence-corrected chi connectivity index (χ1v) is 5.60. The molecule has 0 amide bonds. The van der Waals surface area contributed by atoms with E-state index >= 15 is 0 Å². The van der Waals surface area contributed by atoms with E-state index in [0.717, 1.165) is 23.8 Å². The van der Waals surface area contributed by atoms with Gasteiger partial charge in [-0.25, -0.2) is 8.78 Å². The number of benzene rings is 2. The monoisotopic (exact) mass is 259 g/mol. The average molecular weight is 259 g/mol. The molecule has 2 aromatic carbocycles. The number of nitrogen functional groups attached to an aromatic ring is 1. The smallest absolute Gasteiger partial charge is 0.191 e. The number of rotatable bonds is 3. The molecule has 2 N–H and O–H groups in total. The minimum atomic E-state index is -0.869. The molecule has 0 aliphatic carbocycles. The summed E-state index contributed by atoms with van der Waals surface area (Å²) in [5, 5.41) is 0. The van der Waals surface area contributed by atoms with Crippen LogP contribution in [0.2, 0.25) is 0 Å². The first-order chi connectivity index (χ1) is 9.08. The number of halogens is 2. The van der Waals surface area contributed by atoms with Crippen LogP contribution in [0.3, 0.4) is 0 Å². The largest absolute Gasteiger partial charge is 0.399 e. The first-order valence-electron chi connectivity index (χ1n) is 5.60. The summed E-state index contributed by atoms with van der Waals surface area (Å²) in [6.07, 6.45) is 2.61. The highest BCUT2D eigenvalue weighted by Gasteiger charge is 2.14. The molecule has 2 nitrogen and oxygen atoms in total. The van der Waals surface area contributed by atoms with Crippen molar-refractivity contribution < 1.29 is 13.6 Å². The van der Waals surface area contributed by atoms with Crippen molar-refractivity contribution in [1.82, 2.24) is 0 Å². The number of allylic oxidation sites excluding steroid dienone is 1. The van der Waals surface area contributed by atoms with Crippen LogP contribution < -0.4 is 5.73 Å². The Hall–Kier alpha value is -2.49. The molecule has 2 rings (SSSR count). The molecule has 0 saturated heterocycles. The molecule has 0 saturated carbocycles. The first kappa shape index (κ1) is 13.0. The van der Waals surface area contributed by atoms with E-state index in [4.69, 9.17) is 5.73 Å². The highest BCUT2D eigenvalue weighted by molar-refractivity contribution is 6.07. The van der Waals surface area contributed by atoms with E-state index in [2.05, 4.69) is 0 Å². The van der Waals surface area contributed by atoms with Gasteiger partial charge in [0.1, 0.15) is 11.6 Å². The summed E-state index contributed by atoms with van der Waals surface area (Å²) in [4.78, 5) is 11.7. The molecular weight excluding hydrogens is 248 g/mol. The Kier molecular flexibility index (Phi) is 3.71. The Balaban J connectivity index is 2.24. The van der Waals surface area contributed by atoms with Crippen LogP contribution in [0.25, 0.3) is 6.08 Å². The van der Waals surface area contributed by atoms with Crippen molar-refractivity contribution in [2.45, 2.75) is 0 Å². The molecule has 2 aromatic rings. The van der Waals surface area contributed by atoms with E-state index in [1.807, 2.05) is 0 Å². The quantitative estimate of drug-likeness (QED) is 0.521. The van der Waals surface area contributed by atoms with Gasteiger partial charge < -0.3 is 5.73 Å². The van der Waals surface area contributed by atoms with Gasteiger partial charge >= 0.3 is 0 Å². The summed E-state index contributed by atoms with van der Waals surface area (Å²) in [5.41, 5.74) is 6.30. The van der Waals surface area contributed by atoms with Crippen LogP contribution in [0.1, 0.15) is 15.9 Å². The van der Waals surface area contributed by atoms with Gasteiger partial charge in [-0.05, 0) is 35.9 Å². The fourth-order valence-corrected chi connectivity index (χ4v) is 1.60. The molecule has 0 bridgehead atoms. The lowest BCUT2D eigenvalue weighted by Gasteiger charge is -2.00. The topological polar surface area (TPSA) is 43.1 Å². The van der Waals surface area contributed by atoms with Gasteiger partial charge in [-0.1, -0.05) is 24.3 Å². The molecule has 0 heterocycles. The summed E-state index contributed by atoms with van der Waals surface area (Å²) < 4.78 is 26.7. The molecule has 0 aliphatic rings. The van der Waals surface area contributed by atoms with Gasteiger partial charge in [0.2, 0.25) is 0 Å². The Labute approximate surface area is 109 Å². The van der Waals surface area contributed by atoms with Crippen molar-refractivity contribution in [1.29, 1.82) is 0 Å². The fraction of sp³-hybridized carbons (Fsp3) is 0. The number of carbonyl (C=O) groups is 1. The third-order valence-electron chi connectivity index (χ3n) is 2.57. The third kappa shape index (κ3) is 3.04. The number of hydrogen-bond donors (Lipinski definition) is 1. The molecule has 19 heavy (non-hydrogen) atoms. The van der Waals surface area contributed by atoms with Crippen molar-refractivity contribution in [3.8, 4) is 0 Å². The number of ketones is 1. The van der Waals surface area contributed by atoms with Gasteiger partial charge in [-0.15, -0.1) is 0 Å². The van der Waals surface area contributed by atoms with Gasteiger partial charge in [-0.2, -0.15) is 0 Å². The van der Waals surface area contributed by atoms with Gasteiger partial charge in [0.05, 0.1) is 5.56 Å². The van der Waals surface area contributed by atoms with Crippen molar-refractivity contribution in [2.24, 2.45) is 0 Å². The van der Waals surface area contributed by atoms with Crippen molar-refractivity contribution in [2.75, 3.05) is 5.73 Å². The predicted molar refractivity (Wildman–Crippen MR) is 70.6 cm³/mol. The summed E-state index contributed by atoms with van der Waals surface area (Å²) in [5.74, 6) is -2.45. The van der Waals surface area contributed by atoms with Crippen LogP contribution in [-0.2, 0) is 0 Å². The van der Waals surface area contributed by atoms with E-state index < -0.39 is 23.0 Å². The summed E-state index contributed by atoms with van der Waals surface area (Å²) in [7, 11) is 0. The van der Waals surface area contributed by atoms with Gasteiger partial charge in [-0.3, -0.25) is 4.79 Å². The van der Waals surface area contributed by atoms with Crippen molar-refractivity contribution in [3.05, 3.63) is 71.3 Å². The summed E-state index contributed by atoms with van der Waals surface area (Å²) in [6, 6.07) is 10.1. The highest BCUT2D eigenvalue weighted by atomic mass is 19.1. The van der Waals surface area contributed by atoms with Gasteiger partial charge in [0.15, 0.2) is 5.78 Å². The molecule has 0 atom stereocenters. The third-order valence-corrected chi connectivity index (χ3v) is 2.57. The lowest BCUT2D eigenvalue weighted by atomic mass is 10.1. The second-order valence-corrected chi connectivity index (χ2v) is 3.96. The lowest BCUT2D eigenvalue weighted by molar-refractivity contribution is 0.104. The summed E-state index contributed by atoms with van der Waals surface area (Å²) >= 11 is 0. The van der Waals surface area contributed by atoms with Gasteiger partial charge in [0, 0.05) is 5.69 Å². The van der Waals surface area contributed by atoms with E-state index in [9.17, 15) is 13.6 Å². The predicted octanol–water partition coefficient (Wildman–Crippen LogP) is 3.44.